The maximum absolute atomic E-state index is 12.7. The van der Waals surface area contributed by atoms with Gasteiger partial charge >= 0.3 is 11.9 Å². The smallest absolute Gasteiger partial charge is 0.326 e. The minimum absolute atomic E-state index is 0.0707. The maximum atomic E-state index is 12.7. The van der Waals surface area contributed by atoms with E-state index < -0.39 is 66.9 Å². The highest BCUT2D eigenvalue weighted by Crippen LogP contribution is 2.05. The van der Waals surface area contributed by atoms with Crippen molar-refractivity contribution >= 4 is 29.7 Å². The van der Waals surface area contributed by atoms with Gasteiger partial charge in [0.2, 0.25) is 17.7 Å². The zero-order valence-electron chi connectivity index (χ0n) is 17.5. The number of carboxylic acid groups (broad SMARTS) is 2. The van der Waals surface area contributed by atoms with Crippen LogP contribution in [0.4, 0.5) is 0 Å². The van der Waals surface area contributed by atoms with Gasteiger partial charge in [-0.3, -0.25) is 19.2 Å². The summed E-state index contributed by atoms with van der Waals surface area (Å²) in [4.78, 5) is 59.0. The van der Waals surface area contributed by atoms with Crippen LogP contribution >= 0.6 is 0 Å². The summed E-state index contributed by atoms with van der Waals surface area (Å²) >= 11 is 0. The van der Waals surface area contributed by atoms with Gasteiger partial charge in [0.15, 0.2) is 0 Å². The van der Waals surface area contributed by atoms with Crippen molar-refractivity contribution in [1.29, 1.82) is 0 Å². The summed E-state index contributed by atoms with van der Waals surface area (Å²) in [6.45, 7) is 0.682. The summed E-state index contributed by atoms with van der Waals surface area (Å²) in [6.07, 6.45) is -0.724. The molecule has 1 aromatic rings. The van der Waals surface area contributed by atoms with Crippen molar-refractivity contribution in [2.24, 2.45) is 5.73 Å². The molecule has 0 aromatic heterocycles. The Bertz CT molecular complexity index is 817. The van der Waals surface area contributed by atoms with Gasteiger partial charge in [0.1, 0.15) is 24.2 Å². The number of nitrogens with two attached hydrogens (primary N) is 1. The Morgan fingerprint density at radius 3 is 2.03 bits per heavy atom. The van der Waals surface area contributed by atoms with E-state index in [2.05, 4.69) is 16.0 Å². The number of hydrogen-bond donors (Lipinski definition) is 7. The van der Waals surface area contributed by atoms with Crippen LogP contribution < -0.4 is 21.7 Å². The minimum atomic E-state index is -1.44. The Hall–Kier alpha value is -3.51. The SMILES string of the molecule is CC(NC(=O)C(Cc1ccccc1)NC(=O)C(N)CO)C(=O)NC(CCC(=O)O)C(=O)O. The summed E-state index contributed by atoms with van der Waals surface area (Å²) in [5.41, 5.74) is 6.20. The average Bonchev–Trinajstić information content (AvgIpc) is 2.75. The minimum Gasteiger partial charge on any atom is -0.481 e. The fraction of sp³-hybridized carbons (Fsp3) is 0.450. The van der Waals surface area contributed by atoms with Crippen molar-refractivity contribution in [2.45, 2.75) is 50.4 Å². The van der Waals surface area contributed by atoms with Gasteiger partial charge in [-0.05, 0) is 18.9 Å². The van der Waals surface area contributed by atoms with E-state index in [9.17, 15) is 24.0 Å². The molecular weight excluding hydrogens is 424 g/mol. The lowest BCUT2D eigenvalue weighted by Crippen LogP contribution is -2.57. The molecule has 4 atom stereocenters. The van der Waals surface area contributed by atoms with Crippen molar-refractivity contribution in [3.8, 4) is 0 Å². The molecule has 0 aliphatic heterocycles. The summed E-state index contributed by atoms with van der Waals surface area (Å²) in [5.74, 6) is -4.96. The number of carboxylic acids is 2. The number of aliphatic carboxylic acids is 2. The molecule has 0 radical (unpaired) electrons. The summed E-state index contributed by atoms with van der Waals surface area (Å²) in [7, 11) is 0. The fourth-order valence-corrected chi connectivity index (χ4v) is 2.62. The largest absolute Gasteiger partial charge is 0.481 e. The molecule has 0 saturated heterocycles. The van der Waals surface area contributed by atoms with Gasteiger partial charge in [0, 0.05) is 12.8 Å². The number of benzene rings is 1. The van der Waals surface area contributed by atoms with Crippen LogP contribution in [0.5, 0.6) is 0 Å². The number of aliphatic hydroxyl groups is 1. The van der Waals surface area contributed by atoms with Crippen molar-refractivity contribution in [2.75, 3.05) is 6.61 Å². The maximum Gasteiger partial charge on any atom is 0.326 e. The molecule has 3 amide bonds. The topological polar surface area (TPSA) is 208 Å². The Balaban J connectivity index is 2.85. The van der Waals surface area contributed by atoms with E-state index >= 15 is 0 Å². The van der Waals surface area contributed by atoms with Crippen LogP contribution in [0, 0.1) is 0 Å². The lowest BCUT2D eigenvalue weighted by atomic mass is 10.0. The molecule has 12 heteroatoms. The molecule has 4 unspecified atom stereocenters. The first-order valence-corrected chi connectivity index (χ1v) is 9.81. The van der Waals surface area contributed by atoms with Crippen LogP contribution in [0.15, 0.2) is 30.3 Å². The standard InChI is InChI=1S/C20H28N4O8/c1-11(17(28)23-14(20(31)32)7-8-16(26)27)22-19(30)15(24-18(29)13(21)10-25)9-12-5-3-2-4-6-12/h2-6,11,13-15,25H,7-10,21H2,1H3,(H,22,30)(H,23,28)(H,24,29)(H,26,27)(H,31,32). The summed E-state index contributed by atoms with van der Waals surface area (Å²) in [6, 6.07) is 3.72. The molecule has 32 heavy (non-hydrogen) atoms. The van der Waals surface area contributed by atoms with Crippen molar-refractivity contribution in [1.82, 2.24) is 16.0 Å². The van der Waals surface area contributed by atoms with E-state index in [-0.39, 0.29) is 12.8 Å². The van der Waals surface area contributed by atoms with E-state index in [1.807, 2.05) is 0 Å². The zero-order valence-corrected chi connectivity index (χ0v) is 17.5. The van der Waals surface area contributed by atoms with E-state index in [0.717, 1.165) is 0 Å². The van der Waals surface area contributed by atoms with Crippen molar-refractivity contribution < 1.29 is 39.3 Å². The van der Waals surface area contributed by atoms with Gasteiger partial charge in [-0.1, -0.05) is 30.3 Å². The highest BCUT2D eigenvalue weighted by atomic mass is 16.4. The van der Waals surface area contributed by atoms with E-state index in [1.165, 1.54) is 6.92 Å². The van der Waals surface area contributed by atoms with Crippen molar-refractivity contribution in [3.63, 3.8) is 0 Å². The van der Waals surface area contributed by atoms with E-state index in [0.29, 0.717) is 5.56 Å². The first-order chi connectivity index (χ1) is 15.0. The van der Waals surface area contributed by atoms with Crippen LogP contribution in [0.25, 0.3) is 0 Å². The molecule has 0 saturated carbocycles. The zero-order chi connectivity index (χ0) is 24.3. The molecule has 0 bridgehead atoms. The van der Waals surface area contributed by atoms with Crippen LogP contribution in [0.3, 0.4) is 0 Å². The lowest BCUT2D eigenvalue weighted by Gasteiger charge is -2.23. The van der Waals surface area contributed by atoms with E-state index in [4.69, 9.17) is 21.1 Å². The molecule has 0 heterocycles. The monoisotopic (exact) mass is 452 g/mol. The number of amides is 3. The molecule has 12 nitrogen and oxygen atoms in total. The van der Waals surface area contributed by atoms with Gasteiger partial charge in [-0.15, -0.1) is 0 Å². The fourth-order valence-electron chi connectivity index (χ4n) is 2.62. The number of rotatable bonds is 13. The van der Waals surface area contributed by atoms with Crippen LogP contribution in [-0.2, 0) is 30.4 Å². The third-order valence-electron chi connectivity index (χ3n) is 4.46. The molecule has 1 aromatic carbocycles. The molecule has 0 spiro atoms. The molecule has 0 fully saturated rings. The van der Waals surface area contributed by atoms with Gasteiger partial charge in [0.25, 0.3) is 0 Å². The molecule has 0 aliphatic carbocycles. The highest BCUT2D eigenvalue weighted by molar-refractivity contribution is 5.94. The lowest BCUT2D eigenvalue weighted by molar-refractivity contribution is -0.143. The predicted octanol–water partition coefficient (Wildman–Crippen LogP) is -2.03. The van der Waals surface area contributed by atoms with Gasteiger partial charge in [-0.25, -0.2) is 4.79 Å². The number of nitrogens with one attached hydrogen (secondary N) is 3. The van der Waals surface area contributed by atoms with Gasteiger partial charge in [0.05, 0.1) is 6.61 Å². The van der Waals surface area contributed by atoms with Crippen LogP contribution in [-0.4, -0.2) is 75.8 Å². The van der Waals surface area contributed by atoms with E-state index in [1.54, 1.807) is 30.3 Å². The molecule has 176 valence electrons. The number of hydrogen-bond acceptors (Lipinski definition) is 7. The summed E-state index contributed by atoms with van der Waals surface area (Å²) in [5, 5.41) is 33.9. The van der Waals surface area contributed by atoms with Gasteiger partial charge in [-0.2, -0.15) is 0 Å². The first-order valence-electron chi connectivity index (χ1n) is 9.81. The third kappa shape index (κ3) is 9.10. The number of carbonyl (C=O) groups is 5. The van der Waals surface area contributed by atoms with Crippen molar-refractivity contribution in [3.05, 3.63) is 35.9 Å². The average molecular weight is 452 g/mol. The number of aliphatic hydroxyl groups excluding tert-OH is 1. The first kappa shape index (κ1) is 26.5. The molecule has 1 rings (SSSR count). The normalized spacial score (nSPS) is 14.3. The molecule has 8 N–H and O–H groups in total. The Morgan fingerprint density at radius 1 is 0.906 bits per heavy atom. The Kier molecular flexibility index (Phi) is 10.8. The third-order valence-corrected chi connectivity index (χ3v) is 4.46. The molecule has 0 aliphatic rings. The number of carbonyl (C=O) groups excluding carboxylic acids is 3. The quantitative estimate of drug-likeness (QED) is 0.176. The second-order valence-corrected chi connectivity index (χ2v) is 7.10. The highest BCUT2D eigenvalue weighted by Gasteiger charge is 2.28. The van der Waals surface area contributed by atoms with Gasteiger partial charge < -0.3 is 37.0 Å². The predicted molar refractivity (Wildman–Crippen MR) is 111 cm³/mol. The summed E-state index contributed by atoms with van der Waals surface area (Å²) < 4.78 is 0. The van der Waals surface area contributed by atoms with Crippen LogP contribution in [0.2, 0.25) is 0 Å². The second-order valence-electron chi connectivity index (χ2n) is 7.10. The second kappa shape index (κ2) is 13.0. The Labute approximate surface area is 184 Å². The van der Waals surface area contributed by atoms with Crippen LogP contribution in [0.1, 0.15) is 25.3 Å². The Morgan fingerprint density at radius 2 is 1.50 bits per heavy atom. The molecular formula is C20H28N4O8.